The van der Waals surface area contributed by atoms with Gasteiger partial charge in [0.2, 0.25) is 11.8 Å². The third-order valence-electron chi connectivity index (χ3n) is 6.62. The first kappa shape index (κ1) is 17.3. The molecule has 4 unspecified atom stereocenters. The molecule has 25 heavy (non-hydrogen) atoms. The highest BCUT2D eigenvalue weighted by Crippen LogP contribution is 2.51. The zero-order valence-electron chi connectivity index (χ0n) is 15.5. The molecule has 2 bridgehead atoms. The number of fused-ring (bicyclic) bond motifs is 3. The van der Waals surface area contributed by atoms with Gasteiger partial charge < -0.3 is 19.3 Å². The van der Waals surface area contributed by atoms with Crippen molar-refractivity contribution in [3.63, 3.8) is 0 Å². The highest BCUT2D eigenvalue weighted by molar-refractivity contribution is 5.83. The summed E-state index contributed by atoms with van der Waals surface area (Å²) in [6.07, 6.45) is 3.39. The minimum absolute atomic E-state index is 0.0203. The Balaban J connectivity index is 1.30. The fourth-order valence-electron chi connectivity index (χ4n) is 4.97. The molecule has 0 aromatic rings. The van der Waals surface area contributed by atoms with Crippen molar-refractivity contribution in [2.45, 2.75) is 51.4 Å². The first-order valence-electron chi connectivity index (χ1n) is 9.76. The Kier molecular flexibility index (Phi) is 4.52. The molecule has 6 nitrogen and oxygen atoms in total. The van der Waals surface area contributed by atoms with Crippen LogP contribution in [-0.2, 0) is 19.1 Å². The molecule has 4 aliphatic rings. The zero-order valence-corrected chi connectivity index (χ0v) is 15.5. The monoisotopic (exact) mass is 350 g/mol. The van der Waals surface area contributed by atoms with Crippen molar-refractivity contribution >= 4 is 11.8 Å². The van der Waals surface area contributed by atoms with Gasteiger partial charge in [0.05, 0.1) is 31.3 Å². The average molecular weight is 350 g/mol. The summed E-state index contributed by atoms with van der Waals surface area (Å²) in [7, 11) is 1.86. The van der Waals surface area contributed by atoms with Gasteiger partial charge >= 0.3 is 0 Å². The number of carbonyl (C=O) groups excluding carboxylic acids is 2. The van der Waals surface area contributed by atoms with Crippen LogP contribution >= 0.6 is 0 Å². The van der Waals surface area contributed by atoms with Crippen LogP contribution in [0.3, 0.4) is 0 Å². The fraction of sp³-hybridized carbons (Fsp3) is 0.895. The third kappa shape index (κ3) is 3.08. The molecule has 6 heteroatoms. The Morgan fingerprint density at radius 1 is 1.08 bits per heavy atom. The van der Waals surface area contributed by atoms with Gasteiger partial charge in [0.15, 0.2) is 0 Å². The molecule has 0 radical (unpaired) electrons. The van der Waals surface area contributed by atoms with Gasteiger partial charge in [-0.05, 0) is 44.9 Å². The van der Waals surface area contributed by atoms with Crippen LogP contribution in [0.15, 0.2) is 0 Å². The number of hydrogen-bond donors (Lipinski definition) is 0. The average Bonchev–Trinajstić information content (AvgIpc) is 3.05. The summed E-state index contributed by atoms with van der Waals surface area (Å²) < 4.78 is 11.2. The predicted molar refractivity (Wildman–Crippen MR) is 91.8 cm³/mol. The highest BCUT2D eigenvalue weighted by Gasteiger charge is 2.59. The lowest BCUT2D eigenvalue weighted by Gasteiger charge is -2.31. The van der Waals surface area contributed by atoms with E-state index in [0.29, 0.717) is 24.9 Å². The second-order valence-corrected chi connectivity index (χ2v) is 8.49. The van der Waals surface area contributed by atoms with Gasteiger partial charge in [0.25, 0.3) is 0 Å². The molecular formula is C19H30N2O4. The molecule has 1 saturated carbocycles. The van der Waals surface area contributed by atoms with Gasteiger partial charge in [-0.15, -0.1) is 0 Å². The van der Waals surface area contributed by atoms with E-state index in [0.717, 1.165) is 32.5 Å². The standard InChI is InChI=1S/C19H30N2O4/c1-11(2)21(19(23)17-14-9-24-10-15(14)17)7-6-20(3)18(22)13-8-12-4-5-16(13)25-12/h11-17H,4-10H2,1-3H3/t12?,13?,14-,15+,16?,17?. The molecular weight excluding hydrogens is 320 g/mol. The summed E-state index contributed by atoms with van der Waals surface area (Å²) in [4.78, 5) is 29.3. The van der Waals surface area contributed by atoms with Gasteiger partial charge in [0, 0.05) is 32.1 Å². The molecule has 4 rings (SSSR count). The van der Waals surface area contributed by atoms with Crippen molar-refractivity contribution in [2.75, 3.05) is 33.4 Å². The van der Waals surface area contributed by atoms with Crippen molar-refractivity contribution in [3.05, 3.63) is 0 Å². The van der Waals surface area contributed by atoms with Crippen LogP contribution in [0.1, 0.15) is 33.1 Å². The minimum atomic E-state index is 0.0203. The first-order valence-corrected chi connectivity index (χ1v) is 9.76. The van der Waals surface area contributed by atoms with Crippen LogP contribution in [0.4, 0.5) is 0 Å². The lowest BCUT2D eigenvalue weighted by atomic mass is 9.88. The fourth-order valence-corrected chi connectivity index (χ4v) is 4.97. The molecule has 140 valence electrons. The molecule has 6 atom stereocenters. The summed E-state index contributed by atoms with van der Waals surface area (Å²) in [5.74, 6) is 1.46. The normalized spacial score (nSPS) is 38.1. The lowest BCUT2D eigenvalue weighted by Crippen LogP contribution is -2.46. The number of carbonyl (C=O) groups is 2. The molecule has 0 aromatic heterocycles. The summed E-state index contributed by atoms with van der Waals surface area (Å²) in [6.45, 7) is 6.77. The summed E-state index contributed by atoms with van der Waals surface area (Å²) in [5, 5.41) is 0. The van der Waals surface area contributed by atoms with E-state index in [1.165, 1.54) is 0 Å². The maximum atomic E-state index is 12.9. The summed E-state index contributed by atoms with van der Waals surface area (Å²) >= 11 is 0. The lowest BCUT2D eigenvalue weighted by molar-refractivity contribution is -0.140. The number of hydrogen-bond acceptors (Lipinski definition) is 4. The Morgan fingerprint density at radius 3 is 2.36 bits per heavy atom. The van der Waals surface area contributed by atoms with E-state index in [9.17, 15) is 9.59 Å². The molecule has 3 aliphatic heterocycles. The van der Waals surface area contributed by atoms with E-state index in [1.54, 1.807) is 4.90 Å². The van der Waals surface area contributed by atoms with Crippen molar-refractivity contribution in [2.24, 2.45) is 23.7 Å². The second-order valence-electron chi connectivity index (χ2n) is 8.49. The molecule has 0 aromatic carbocycles. The minimum Gasteiger partial charge on any atom is -0.381 e. The van der Waals surface area contributed by atoms with E-state index < -0.39 is 0 Å². The Morgan fingerprint density at radius 2 is 1.80 bits per heavy atom. The second kappa shape index (κ2) is 6.54. The van der Waals surface area contributed by atoms with E-state index in [-0.39, 0.29) is 41.9 Å². The van der Waals surface area contributed by atoms with Crippen molar-refractivity contribution < 1.29 is 19.1 Å². The Hall–Kier alpha value is -1.14. The predicted octanol–water partition coefficient (Wildman–Crippen LogP) is 1.14. The highest BCUT2D eigenvalue weighted by atomic mass is 16.5. The molecule has 0 N–H and O–H groups in total. The van der Waals surface area contributed by atoms with Gasteiger partial charge in [-0.3, -0.25) is 9.59 Å². The quantitative estimate of drug-likeness (QED) is 0.721. The van der Waals surface area contributed by atoms with Crippen LogP contribution in [0.5, 0.6) is 0 Å². The van der Waals surface area contributed by atoms with Crippen molar-refractivity contribution in [1.82, 2.24) is 9.80 Å². The third-order valence-corrected chi connectivity index (χ3v) is 6.62. The number of ether oxygens (including phenoxy) is 2. The molecule has 1 aliphatic carbocycles. The number of nitrogens with zero attached hydrogens (tertiary/aromatic N) is 2. The molecule has 3 saturated heterocycles. The number of rotatable bonds is 6. The van der Waals surface area contributed by atoms with Gasteiger partial charge in [-0.25, -0.2) is 0 Å². The van der Waals surface area contributed by atoms with Crippen LogP contribution < -0.4 is 0 Å². The summed E-state index contributed by atoms with van der Waals surface area (Å²) in [5.41, 5.74) is 0. The van der Waals surface area contributed by atoms with Crippen LogP contribution in [-0.4, -0.2) is 73.2 Å². The molecule has 2 amide bonds. The summed E-state index contributed by atoms with van der Waals surface area (Å²) in [6, 6.07) is 0.157. The van der Waals surface area contributed by atoms with Crippen LogP contribution in [0, 0.1) is 23.7 Å². The van der Waals surface area contributed by atoms with Crippen LogP contribution in [0.2, 0.25) is 0 Å². The molecule has 4 fully saturated rings. The number of amides is 2. The van der Waals surface area contributed by atoms with Crippen LogP contribution in [0.25, 0.3) is 0 Å². The largest absolute Gasteiger partial charge is 0.381 e. The Bertz CT molecular complexity index is 542. The van der Waals surface area contributed by atoms with E-state index in [4.69, 9.17) is 9.47 Å². The van der Waals surface area contributed by atoms with E-state index >= 15 is 0 Å². The van der Waals surface area contributed by atoms with E-state index in [1.807, 2.05) is 11.9 Å². The van der Waals surface area contributed by atoms with Crippen molar-refractivity contribution in [1.29, 1.82) is 0 Å². The van der Waals surface area contributed by atoms with Gasteiger partial charge in [-0.1, -0.05) is 0 Å². The SMILES string of the molecule is CC(C)N(CCN(C)C(=O)C1CC2CCC1O2)C(=O)C1[C@H]2COC[C@@H]12. The van der Waals surface area contributed by atoms with Gasteiger partial charge in [-0.2, -0.15) is 0 Å². The number of likely N-dealkylation sites (N-methyl/N-ethyl adjacent to an activating group) is 1. The zero-order chi connectivity index (χ0) is 17.7. The maximum Gasteiger partial charge on any atom is 0.228 e. The topological polar surface area (TPSA) is 59.1 Å². The smallest absolute Gasteiger partial charge is 0.228 e. The van der Waals surface area contributed by atoms with Crippen molar-refractivity contribution in [3.8, 4) is 0 Å². The Labute approximate surface area is 149 Å². The maximum absolute atomic E-state index is 12.9. The molecule has 3 heterocycles. The molecule has 0 spiro atoms. The first-order chi connectivity index (χ1) is 12.0. The van der Waals surface area contributed by atoms with Gasteiger partial charge in [0.1, 0.15) is 0 Å². The van der Waals surface area contributed by atoms with E-state index in [2.05, 4.69) is 13.8 Å².